The molecule has 0 fully saturated rings. The van der Waals surface area contributed by atoms with E-state index in [1.807, 2.05) is 0 Å². The molecule has 1 atom stereocenters. The molecule has 3 nitrogen and oxygen atoms in total. The summed E-state index contributed by atoms with van der Waals surface area (Å²) < 4.78 is 0. The van der Waals surface area contributed by atoms with Gasteiger partial charge in [0.1, 0.15) is 0 Å². The van der Waals surface area contributed by atoms with Gasteiger partial charge < -0.3 is 10.2 Å². The molecule has 0 heterocycles. The molecule has 0 aromatic carbocycles. The largest absolute Gasteiger partial charge is 0.316 e. The molecule has 0 aliphatic rings. The molecule has 0 aliphatic heterocycles. The van der Waals surface area contributed by atoms with Crippen LogP contribution in [0.5, 0.6) is 0 Å². The van der Waals surface area contributed by atoms with Crippen LogP contribution >= 0.6 is 0 Å². The lowest BCUT2D eigenvalue weighted by Gasteiger charge is -2.20. The molecule has 3 heteroatoms. The fourth-order valence-electron chi connectivity index (χ4n) is 1.45. The number of hydrogen-bond donors (Lipinski definition) is 1. The third-order valence-electron chi connectivity index (χ3n) is 2.15. The van der Waals surface area contributed by atoms with Gasteiger partial charge in [-0.25, -0.2) is 0 Å². The average molecular weight is 197 g/mol. The lowest BCUT2D eigenvalue weighted by atomic mass is 10.1. The van der Waals surface area contributed by atoms with Gasteiger partial charge in [0.2, 0.25) is 0 Å². The van der Waals surface area contributed by atoms with Crippen LogP contribution in [0.25, 0.3) is 0 Å². The van der Waals surface area contributed by atoms with E-state index in [2.05, 4.69) is 37.2 Å². The Morgan fingerprint density at radius 1 is 1.50 bits per heavy atom. The predicted molar refractivity (Wildman–Crippen MR) is 60.1 cm³/mol. The van der Waals surface area contributed by atoms with Gasteiger partial charge in [-0.3, -0.25) is 0 Å². The maximum atomic E-state index is 8.43. The van der Waals surface area contributed by atoms with Gasteiger partial charge in [-0.2, -0.15) is 5.26 Å². The van der Waals surface area contributed by atoms with E-state index in [1.165, 1.54) is 6.42 Å². The molecule has 0 rings (SSSR count). The molecule has 0 radical (unpaired) electrons. The van der Waals surface area contributed by atoms with E-state index in [0.717, 1.165) is 26.2 Å². The van der Waals surface area contributed by atoms with Crippen LogP contribution in [-0.2, 0) is 0 Å². The Morgan fingerprint density at radius 3 is 2.79 bits per heavy atom. The lowest BCUT2D eigenvalue weighted by molar-refractivity contribution is 0.286. The first-order valence-electron chi connectivity index (χ1n) is 5.46. The number of hydrogen-bond acceptors (Lipinski definition) is 3. The first-order chi connectivity index (χ1) is 6.70. The molecule has 0 saturated heterocycles. The topological polar surface area (TPSA) is 39.1 Å². The van der Waals surface area contributed by atoms with Gasteiger partial charge in [0, 0.05) is 19.5 Å². The summed E-state index contributed by atoms with van der Waals surface area (Å²) in [5.41, 5.74) is 0. The first kappa shape index (κ1) is 13.4. The minimum atomic E-state index is 0.631. The summed E-state index contributed by atoms with van der Waals surface area (Å²) in [6.07, 6.45) is 1.82. The van der Waals surface area contributed by atoms with Crippen LogP contribution < -0.4 is 5.32 Å². The van der Waals surface area contributed by atoms with E-state index in [9.17, 15) is 0 Å². The van der Waals surface area contributed by atoms with Crippen molar-refractivity contribution < 1.29 is 0 Å². The highest BCUT2D eigenvalue weighted by atomic mass is 15.1. The van der Waals surface area contributed by atoms with Crippen molar-refractivity contribution in [3.63, 3.8) is 0 Å². The number of nitrogens with one attached hydrogen (secondary N) is 1. The van der Waals surface area contributed by atoms with Crippen LogP contribution in [0, 0.1) is 17.2 Å². The fourth-order valence-corrected chi connectivity index (χ4v) is 1.45. The summed E-state index contributed by atoms with van der Waals surface area (Å²) in [5, 5.41) is 11.8. The van der Waals surface area contributed by atoms with Gasteiger partial charge in [0.15, 0.2) is 0 Å². The minimum absolute atomic E-state index is 0.631. The number of nitrogens with zero attached hydrogens (tertiary/aromatic N) is 2. The van der Waals surface area contributed by atoms with Crippen LogP contribution in [0.1, 0.15) is 26.7 Å². The molecule has 14 heavy (non-hydrogen) atoms. The van der Waals surface area contributed by atoms with Gasteiger partial charge in [0.05, 0.1) is 6.07 Å². The van der Waals surface area contributed by atoms with Crippen molar-refractivity contribution in [3.05, 3.63) is 0 Å². The van der Waals surface area contributed by atoms with Crippen molar-refractivity contribution in [1.82, 2.24) is 10.2 Å². The van der Waals surface area contributed by atoms with Crippen molar-refractivity contribution in [3.8, 4) is 6.07 Å². The smallest absolute Gasteiger partial charge is 0.0635 e. The van der Waals surface area contributed by atoms with E-state index in [1.54, 1.807) is 0 Å². The van der Waals surface area contributed by atoms with Crippen molar-refractivity contribution >= 4 is 0 Å². The van der Waals surface area contributed by atoms with Crippen LogP contribution in [0.2, 0.25) is 0 Å². The summed E-state index contributed by atoms with van der Waals surface area (Å²) in [6, 6.07) is 2.17. The first-order valence-corrected chi connectivity index (χ1v) is 5.46. The SMILES string of the molecule is CCCNCC(C)CN(C)CCC#N. The molecule has 0 bridgehead atoms. The second kappa shape index (κ2) is 8.98. The Balaban J connectivity index is 3.40. The maximum absolute atomic E-state index is 8.43. The van der Waals surface area contributed by atoms with Crippen LogP contribution in [0.4, 0.5) is 0 Å². The van der Waals surface area contributed by atoms with E-state index >= 15 is 0 Å². The highest BCUT2D eigenvalue weighted by Gasteiger charge is 2.05. The third-order valence-corrected chi connectivity index (χ3v) is 2.15. The van der Waals surface area contributed by atoms with Crippen molar-refractivity contribution in [2.24, 2.45) is 5.92 Å². The molecule has 82 valence electrons. The van der Waals surface area contributed by atoms with E-state index < -0.39 is 0 Å². The Hall–Kier alpha value is -0.590. The normalized spacial score (nSPS) is 12.8. The monoisotopic (exact) mass is 197 g/mol. The third kappa shape index (κ3) is 8.03. The standard InChI is InChI=1S/C11H23N3/c1-4-7-13-9-11(2)10-14(3)8-5-6-12/h11,13H,4-5,7-10H2,1-3H3. The molecule has 0 aromatic rings. The second-order valence-electron chi connectivity index (χ2n) is 3.98. The minimum Gasteiger partial charge on any atom is -0.316 e. The molecular weight excluding hydrogens is 174 g/mol. The van der Waals surface area contributed by atoms with Crippen molar-refractivity contribution in [2.45, 2.75) is 26.7 Å². The van der Waals surface area contributed by atoms with E-state index in [4.69, 9.17) is 5.26 Å². The quantitative estimate of drug-likeness (QED) is 0.599. The molecule has 0 aliphatic carbocycles. The molecular formula is C11H23N3. The van der Waals surface area contributed by atoms with E-state index in [0.29, 0.717) is 12.3 Å². The van der Waals surface area contributed by atoms with Gasteiger partial charge in [-0.1, -0.05) is 13.8 Å². The van der Waals surface area contributed by atoms with Gasteiger partial charge in [0.25, 0.3) is 0 Å². The second-order valence-corrected chi connectivity index (χ2v) is 3.98. The van der Waals surface area contributed by atoms with Gasteiger partial charge in [-0.05, 0) is 32.5 Å². The summed E-state index contributed by atoms with van der Waals surface area (Å²) in [6.45, 7) is 8.55. The fraction of sp³-hybridized carbons (Fsp3) is 0.909. The molecule has 0 spiro atoms. The Labute approximate surface area is 88.1 Å². The predicted octanol–water partition coefficient (Wildman–Crippen LogP) is 1.47. The molecule has 0 amide bonds. The summed E-state index contributed by atoms with van der Waals surface area (Å²) >= 11 is 0. The summed E-state index contributed by atoms with van der Waals surface area (Å²) in [4.78, 5) is 2.22. The maximum Gasteiger partial charge on any atom is 0.0635 e. The zero-order valence-electron chi connectivity index (χ0n) is 9.71. The Morgan fingerprint density at radius 2 is 2.21 bits per heavy atom. The zero-order chi connectivity index (χ0) is 10.8. The zero-order valence-corrected chi connectivity index (χ0v) is 9.71. The summed E-state index contributed by atoms with van der Waals surface area (Å²) in [7, 11) is 2.08. The van der Waals surface area contributed by atoms with E-state index in [-0.39, 0.29) is 0 Å². The molecule has 0 saturated carbocycles. The molecule has 1 unspecified atom stereocenters. The highest BCUT2D eigenvalue weighted by molar-refractivity contribution is 4.72. The van der Waals surface area contributed by atoms with Crippen molar-refractivity contribution in [2.75, 3.05) is 33.2 Å². The lowest BCUT2D eigenvalue weighted by Crippen LogP contribution is -2.31. The molecule has 1 N–H and O–H groups in total. The highest BCUT2D eigenvalue weighted by Crippen LogP contribution is 1.97. The van der Waals surface area contributed by atoms with Crippen LogP contribution in [-0.4, -0.2) is 38.1 Å². The van der Waals surface area contributed by atoms with Gasteiger partial charge in [-0.15, -0.1) is 0 Å². The van der Waals surface area contributed by atoms with Gasteiger partial charge >= 0.3 is 0 Å². The number of nitriles is 1. The van der Waals surface area contributed by atoms with Crippen molar-refractivity contribution in [1.29, 1.82) is 5.26 Å². The van der Waals surface area contributed by atoms with Crippen LogP contribution in [0.15, 0.2) is 0 Å². The number of rotatable bonds is 8. The van der Waals surface area contributed by atoms with Crippen LogP contribution in [0.3, 0.4) is 0 Å². The summed E-state index contributed by atoms with van der Waals surface area (Å²) in [5.74, 6) is 0.658. The Kier molecular flexibility index (Phi) is 8.61. The Bertz CT molecular complexity index is 162. The molecule has 0 aromatic heterocycles. The average Bonchev–Trinajstić information content (AvgIpc) is 2.15.